The summed E-state index contributed by atoms with van der Waals surface area (Å²) < 4.78 is 9.58. The van der Waals surface area contributed by atoms with E-state index in [1.54, 1.807) is 13.4 Å². The number of nitrogens with two attached hydrogens (primary N) is 12. The second kappa shape index (κ2) is 152. The lowest BCUT2D eigenvalue weighted by Gasteiger charge is -2.37. The van der Waals surface area contributed by atoms with Crippen LogP contribution in [0.2, 0.25) is 0 Å². The van der Waals surface area contributed by atoms with Crippen LogP contribution in [0.5, 0.6) is 0 Å². The van der Waals surface area contributed by atoms with E-state index in [1.165, 1.54) is 212 Å². The number of hydrogen-bond donors (Lipinski definition) is 20. The number of likely N-dealkylation sites (N-methyl/N-ethyl adjacent to an activating group) is 1. The number of furan rings is 1. The maximum atomic E-state index is 5.90. The molecule has 6 unspecified atom stereocenters. The molecule has 1 aromatic heterocycles. The molecule has 3 fully saturated rings. The van der Waals surface area contributed by atoms with Gasteiger partial charge in [-0.25, -0.2) is 0 Å². The van der Waals surface area contributed by atoms with E-state index in [0.717, 1.165) is 158 Å². The summed E-state index contributed by atoms with van der Waals surface area (Å²) in [5.74, 6) is 9.45. The summed E-state index contributed by atoms with van der Waals surface area (Å²) >= 11 is 0. The number of ether oxygens (including phenoxy) is 1. The average Bonchev–Trinajstić information content (AvgIpc) is 1.67. The maximum absolute atomic E-state index is 5.90. The van der Waals surface area contributed by atoms with Gasteiger partial charge in [-0.15, -0.1) is 0 Å². The Morgan fingerprint density at radius 1 is 0.417 bits per heavy atom. The van der Waals surface area contributed by atoms with Crippen molar-refractivity contribution in [2.75, 3.05) is 161 Å². The van der Waals surface area contributed by atoms with Gasteiger partial charge in [0.05, 0.1) is 19.4 Å². The van der Waals surface area contributed by atoms with Crippen molar-refractivity contribution in [2.24, 2.45) is 139 Å². The summed E-state index contributed by atoms with van der Waals surface area (Å²) in [5.41, 5.74) is 66.1. The van der Waals surface area contributed by atoms with Crippen molar-refractivity contribution >= 4 is 0 Å². The molecular weight excluding hydrogens is 1630 g/mol. The first-order valence-corrected chi connectivity index (χ1v) is 55.0. The Labute approximate surface area is 835 Å². The summed E-state index contributed by atoms with van der Waals surface area (Å²) in [7, 11) is 15.2. The number of unbranched alkanes of at least 4 members (excludes halogenated alkanes) is 7. The molecule has 6 atom stereocenters. The molecule has 22 heteroatoms. The minimum Gasteiger partial charge on any atom is -0.468 e. The van der Waals surface area contributed by atoms with E-state index < -0.39 is 0 Å². The predicted octanol–water partition coefficient (Wildman–Crippen LogP) is 21.9. The summed E-state index contributed by atoms with van der Waals surface area (Å²) in [6.45, 7) is 84.1. The van der Waals surface area contributed by atoms with Crippen LogP contribution in [-0.2, 0) is 11.3 Å². The van der Waals surface area contributed by atoms with Gasteiger partial charge in [0, 0.05) is 43.9 Å². The van der Waals surface area contributed by atoms with Crippen LogP contribution in [-0.4, -0.2) is 191 Å². The molecule has 1 aromatic rings. The molecule has 0 spiro atoms. The zero-order valence-corrected chi connectivity index (χ0v) is 98.1. The third kappa shape index (κ3) is 195. The lowest BCUT2D eigenvalue weighted by Crippen LogP contribution is -2.36. The second-order valence-corrected chi connectivity index (χ2v) is 38.9. The molecule has 0 radical (unpaired) electrons. The molecule has 32 N–H and O–H groups in total. The third-order valence-electron chi connectivity index (χ3n) is 21.2. The van der Waals surface area contributed by atoms with Gasteiger partial charge < -0.3 is 120 Å². The van der Waals surface area contributed by atoms with Crippen LogP contribution in [0.4, 0.5) is 0 Å². The van der Waals surface area contributed by atoms with Gasteiger partial charge in [0.2, 0.25) is 0 Å². The summed E-state index contributed by atoms with van der Waals surface area (Å²) in [6.07, 6.45) is 43.5. The SMILES string of the molecule is CC(C)C(N)C(C)C.CC(C)CCN.CC(C)CN.CC1CC(N)CC(C)(C)C1.CCC(CC)CN.CCC(N)CC.CCCC(N)CCC.CCCCC(CC)CN.CCCCCCN.CCCCN.CCCCNCC.CCCCNCCC.CCCNC.CCNC.CNC.CNCC(C)C.CNCCC(C)C.CNCCOC.NC1CC2CCC1C2.NCc1ccco1. The van der Waals surface area contributed by atoms with E-state index in [9.17, 15) is 0 Å². The highest BCUT2D eigenvalue weighted by atomic mass is 16.5. The van der Waals surface area contributed by atoms with Crippen LogP contribution >= 0.6 is 0 Å². The number of methoxy groups -OCH3 is 1. The second-order valence-electron chi connectivity index (χ2n) is 38.9. The lowest BCUT2D eigenvalue weighted by molar-refractivity contribution is 0.170. The van der Waals surface area contributed by atoms with Crippen LogP contribution in [0.3, 0.4) is 0 Å². The van der Waals surface area contributed by atoms with Crippen molar-refractivity contribution in [3.05, 3.63) is 24.2 Å². The van der Waals surface area contributed by atoms with Gasteiger partial charge in [-0.05, 0) is 346 Å². The molecule has 820 valence electrons. The van der Waals surface area contributed by atoms with Crippen molar-refractivity contribution in [1.82, 2.24) is 42.5 Å². The van der Waals surface area contributed by atoms with Crippen LogP contribution in [0.15, 0.2) is 22.8 Å². The third-order valence-corrected chi connectivity index (χ3v) is 21.2. The van der Waals surface area contributed by atoms with E-state index in [-0.39, 0.29) is 0 Å². The van der Waals surface area contributed by atoms with E-state index in [4.69, 9.17) is 78.0 Å². The van der Waals surface area contributed by atoms with Crippen molar-refractivity contribution in [3.8, 4) is 0 Å². The first-order valence-electron chi connectivity index (χ1n) is 55.0. The fraction of sp³-hybridized carbons (Fsp3) is 0.964. The molecule has 2 bridgehead atoms. The van der Waals surface area contributed by atoms with Gasteiger partial charge in [0.1, 0.15) is 5.76 Å². The van der Waals surface area contributed by atoms with Gasteiger partial charge >= 0.3 is 0 Å². The maximum Gasteiger partial charge on any atom is 0.117 e. The van der Waals surface area contributed by atoms with Gasteiger partial charge in [0.25, 0.3) is 0 Å². The molecule has 3 aliphatic rings. The monoisotopic (exact) mass is 1900 g/mol. The molecule has 0 saturated heterocycles. The topological polar surface area (TPSA) is 431 Å². The first kappa shape index (κ1) is 167. The minimum absolute atomic E-state index is 0.370. The quantitative estimate of drug-likeness (QED) is 0.0270. The number of fused-ring (bicyclic) bond motifs is 2. The first-order chi connectivity index (χ1) is 62.5. The normalized spacial score (nSPS) is 14.8. The molecule has 3 saturated carbocycles. The van der Waals surface area contributed by atoms with Gasteiger partial charge in [0.15, 0.2) is 0 Å². The van der Waals surface area contributed by atoms with Crippen LogP contribution in [0.25, 0.3) is 0 Å². The molecule has 3 aliphatic carbocycles. The van der Waals surface area contributed by atoms with Gasteiger partial charge in [-0.2, -0.15) is 0 Å². The molecule has 132 heavy (non-hydrogen) atoms. The van der Waals surface area contributed by atoms with Gasteiger partial charge in [-0.3, -0.25) is 0 Å². The standard InChI is InChI=1S/C9H19N.C8H19N.C7H13N.3C7H17N.4C6H15N.C5H7NO.3C5H13N.C4H11NO.3C4H11N.C3H9N.C2H7N/c1-7-4-8(10)6-9(2,3)5-7;1-3-5-6-8(4-2)7-9;8-7-4-5-1-2-6(7)3-5;1-5(2)7(8)6(3)4;1-3-5-7-8-6-4-2;1-3-5-7(8)6-4-2;1-6(2)4-5-7-3;1-3-6(4-2)5-7;1-3-5-6-7-4-2;1-2-3-4-5-6-7;6-4-5-2-1-3-7-5;1-5(2)4-6-3;1-5(2)3-4-6;1-3-5(6)4-2;1-5-3-4-6-2;1-4(2)3-5;1-3-4-5-2;1-2-3-4-5;1-3-4-2;1-3-2/h7-8H,4-6,10H2,1-3H3;8H,3-7,9H2,1-2H3;5-7H,1-4,8H2;5-7H,8H2,1-4H3;8H,3-7H2,1-2H3;7H,3-6,8H2,1-2H3;6-7H,4-5H2,1-3H3;6H,3-5,7H2,1-2H3;7H,3-6H2,1-2H3;2-7H2,1H3;1-3H,4,6H2;5-6H,4H2,1-3H3;2*5H,3-4,6H2,1-2H3;5H,3-4H2,1-2H3;4H,3,5H2,1-2H3;5H,3-4H2,1-2H3;2-5H2,1H3;4H,3H2,1-2H3;3H,1-2H3. The largest absolute Gasteiger partial charge is 0.468 e. The highest BCUT2D eigenvalue weighted by molar-refractivity contribution is 4.96. The number of rotatable bonds is 46. The Kier molecular flexibility index (Phi) is 192. The van der Waals surface area contributed by atoms with Crippen molar-refractivity contribution in [3.63, 3.8) is 0 Å². The fourth-order valence-electron chi connectivity index (χ4n) is 12.2. The lowest BCUT2D eigenvalue weighted by atomic mass is 9.71. The summed E-state index contributed by atoms with van der Waals surface area (Å²) in [4.78, 5) is 0. The Morgan fingerprint density at radius 3 is 1.05 bits per heavy atom. The Hall–Kier alpha value is -1.56. The van der Waals surface area contributed by atoms with E-state index in [0.29, 0.717) is 59.9 Å². The zero-order valence-electron chi connectivity index (χ0n) is 98.1. The van der Waals surface area contributed by atoms with E-state index >= 15 is 0 Å². The highest BCUT2D eigenvalue weighted by Crippen LogP contribution is 2.43. The molecule has 4 rings (SSSR count). The van der Waals surface area contributed by atoms with Crippen LogP contribution in [0, 0.1) is 70.5 Å². The summed E-state index contributed by atoms with van der Waals surface area (Å²) in [5, 5.41) is 24.4. The van der Waals surface area contributed by atoms with Crippen molar-refractivity contribution in [1.29, 1.82) is 0 Å². The Morgan fingerprint density at radius 2 is 0.871 bits per heavy atom. The van der Waals surface area contributed by atoms with Crippen molar-refractivity contribution < 1.29 is 9.15 Å². The molecule has 22 nitrogen and oxygen atoms in total. The van der Waals surface area contributed by atoms with Crippen molar-refractivity contribution in [2.45, 2.75) is 463 Å². The molecular formula is C110H268N20O2. The smallest absolute Gasteiger partial charge is 0.117 e. The molecule has 0 aliphatic heterocycles. The Balaban J connectivity index is -0.0000000770. The minimum atomic E-state index is 0.370. The van der Waals surface area contributed by atoms with Gasteiger partial charge in [-0.1, -0.05) is 305 Å². The average molecular weight is 1900 g/mol. The summed E-state index contributed by atoms with van der Waals surface area (Å²) in [6, 6.07) is 5.97. The van der Waals surface area contributed by atoms with E-state index in [2.05, 4.69) is 257 Å². The highest BCUT2D eigenvalue weighted by Gasteiger charge is 2.37. The fourth-order valence-corrected chi connectivity index (χ4v) is 12.2. The zero-order chi connectivity index (χ0) is 106. The van der Waals surface area contributed by atoms with E-state index in [1.807, 2.05) is 61.5 Å². The Bertz CT molecular complexity index is 1770. The number of hydrogen-bond acceptors (Lipinski definition) is 22. The predicted molar refractivity (Wildman–Crippen MR) is 612 cm³/mol. The molecule has 1 heterocycles. The van der Waals surface area contributed by atoms with Crippen LogP contribution in [0.1, 0.15) is 432 Å². The molecule has 0 aromatic carbocycles. The van der Waals surface area contributed by atoms with Crippen LogP contribution < -0.4 is 111 Å². The molecule has 0 amide bonds. The number of nitrogens with one attached hydrogen (secondary N) is 8.